The first-order chi connectivity index (χ1) is 14.6. The normalized spacial score (nSPS) is 14.5. The highest BCUT2D eigenvalue weighted by atomic mass is 16.5. The topological polar surface area (TPSA) is 38.8 Å². The van der Waals surface area contributed by atoms with E-state index in [1.165, 1.54) is 19.3 Å². The van der Waals surface area contributed by atoms with Gasteiger partial charge in [-0.2, -0.15) is 0 Å². The van der Waals surface area contributed by atoms with Gasteiger partial charge in [0, 0.05) is 19.0 Å². The summed E-state index contributed by atoms with van der Waals surface area (Å²) in [5.74, 6) is 2.37. The molecular weight excluding hydrogens is 374 g/mol. The van der Waals surface area contributed by atoms with E-state index in [9.17, 15) is 4.79 Å². The van der Waals surface area contributed by atoms with Crippen molar-refractivity contribution in [3.05, 3.63) is 59.7 Å². The van der Waals surface area contributed by atoms with Crippen molar-refractivity contribution in [2.75, 3.05) is 13.7 Å². The molecule has 0 radical (unpaired) electrons. The van der Waals surface area contributed by atoms with Crippen molar-refractivity contribution in [2.24, 2.45) is 11.8 Å². The van der Waals surface area contributed by atoms with E-state index in [1.807, 2.05) is 53.4 Å². The standard InChI is InChI=1S/C26H35NO3/c1-20(2)17-27(26(28)23-12-8-5-9-13-23)18-22-14-15-24(25(16-22)29-3)30-19-21-10-6-4-7-11-21/h4,6-7,10-11,14-16,20,23H,5,8-9,12-13,17-19H2,1-3H3. The van der Waals surface area contributed by atoms with Crippen molar-refractivity contribution >= 4 is 5.91 Å². The zero-order chi connectivity index (χ0) is 21.3. The van der Waals surface area contributed by atoms with Crippen LogP contribution < -0.4 is 9.47 Å². The van der Waals surface area contributed by atoms with Crippen LogP contribution in [0.2, 0.25) is 0 Å². The third-order valence-electron chi connectivity index (χ3n) is 5.69. The van der Waals surface area contributed by atoms with Crippen LogP contribution >= 0.6 is 0 Å². The highest BCUT2D eigenvalue weighted by molar-refractivity contribution is 5.79. The maximum Gasteiger partial charge on any atom is 0.225 e. The SMILES string of the molecule is COc1cc(CN(CC(C)C)C(=O)C2CCCCC2)ccc1OCc1ccccc1. The molecule has 1 amide bonds. The summed E-state index contributed by atoms with van der Waals surface area (Å²) < 4.78 is 11.6. The first-order valence-electron chi connectivity index (χ1n) is 11.2. The Balaban J connectivity index is 1.70. The first-order valence-corrected chi connectivity index (χ1v) is 11.2. The lowest BCUT2D eigenvalue weighted by molar-refractivity contribution is -0.137. The molecule has 2 aromatic carbocycles. The maximum absolute atomic E-state index is 13.2. The first kappa shape index (κ1) is 22.2. The molecule has 4 heteroatoms. The number of carbonyl (C=O) groups excluding carboxylic acids is 1. The Bertz CT molecular complexity index is 797. The van der Waals surface area contributed by atoms with E-state index in [0.717, 1.165) is 36.3 Å². The number of hydrogen-bond acceptors (Lipinski definition) is 3. The molecule has 0 aliphatic heterocycles. The molecule has 4 nitrogen and oxygen atoms in total. The molecule has 30 heavy (non-hydrogen) atoms. The molecule has 2 aromatic rings. The van der Waals surface area contributed by atoms with Crippen LogP contribution in [0.3, 0.4) is 0 Å². The van der Waals surface area contributed by atoms with E-state index in [-0.39, 0.29) is 5.92 Å². The highest BCUT2D eigenvalue weighted by Gasteiger charge is 2.26. The van der Waals surface area contributed by atoms with Gasteiger partial charge in [-0.1, -0.05) is 69.5 Å². The third kappa shape index (κ3) is 6.25. The molecule has 1 aliphatic carbocycles. The second-order valence-electron chi connectivity index (χ2n) is 8.71. The van der Waals surface area contributed by atoms with Crippen LogP contribution in [0.5, 0.6) is 11.5 Å². The van der Waals surface area contributed by atoms with Gasteiger partial charge in [0.25, 0.3) is 0 Å². The van der Waals surface area contributed by atoms with Crippen LogP contribution in [0, 0.1) is 11.8 Å². The Morgan fingerprint density at radius 3 is 2.40 bits per heavy atom. The molecule has 0 aromatic heterocycles. The number of rotatable bonds is 9. The predicted molar refractivity (Wildman–Crippen MR) is 121 cm³/mol. The average Bonchev–Trinajstić information content (AvgIpc) is 2.78. The molecule has 0 atom stereocenters. The van der Waals surface area contributed by atoms with Crippen LogP contribution in [0.1, 0.15) is 57.1 Å². The van der Waals surface area contributed by atoms with Crippen molar-refractivity contribution in [3.63, 3.8) is 0 Å². The van der Waals surface area contributed by atoms with Gasteiger partial charge in [-0.05, 0) is 42.0 Å². The van der Waals surface area contributed by atoms with Gasteiger partial charge in [0.2, 0.25) is 5.91 Å². The Labute approximate surface area is 181 Å². The third-order valence-corrected chi connectivity index (χ3v) is 5.69. The summed E-state index contributed by atoms with van der Waals surface area (Å²) in [5, 5.41) is 0. The van der Waals surface area contributed by atoms with Crippen LogP contribution in [-0.2, 0) is 17.9 Å². The Morgan fingerprint density at radius 1 is 1.00 bits per heavy atom. The van der Waals surface area contributed by atoms with E-state index >= 15 is 0 Å². The number of amides is 1. The molecule has 1 aliphatic rings. The van der Waals surface area contributed by atoms with Gasteiger partial charge >= 0.3 is 0 Å². The lowest BCUT2D eigenvalue weighted by atomic mass is 9.88. The number of benzene rings is 2. The Hall–Kier alpha value is -2.49. The molecule has 1 fully saturated rings. The van der Waals surface area contributed by atoms with Gasteiger partial charge in [0.1, 0.15) is 6.61 Å². The number of ether oxygens (including phenoxy) is 2. The minimum atomic E-state index is 0.188. The largest absolute Gasteiger partial charge is 0.493 e. The monoisotopic (exact) mass is 409 g/mol. The van der Waals surface area contributed by atoms with Crippen molar-refractivity contribution in [2.45, 2.75) is 59.1 Å². The second kappa shape index (κ2) is 11.1. The molecule has 0 N–H and O–H groups in total. The van der Waals surface area contributed by atoms with Crippen molar-refractivity contribution in [1.82, 2.24) is 4.90 Å². The minimum Gasteiger partial charge on any atom is -0.493 e. The Morgan fingerprint density at radius 2 is 1.73 bits per heavy atom. The Kier molecular flexibility index (Phi) is 8.18. The highest BCUT2D eigenvalue weighted by Crippen LogP contribution is 2.31. The maximum atomic E-state index is 13.2. The molecule has 162 valence electrons. The van der Waals surface area contributed by atoms with Gasteiger partial charge in [-0.3, -0.25) is 4.79 Å². The van der Waals surface area contributed by atoms with E-state index in [2.05, 4.69) is 13.8 Å². The fraction of sp³-hybridized carbons (Fsp3) is 0.500. The zero-order valence-corrected chi connectivity index (χ0v) is 18.6. The van der Waals surface area contributed by atoms with Crippen molar-refractivity contribution in [1.29, 1.82) is 0 Å². The molecule has 0 unspecified atom stereocenters. The molecule has 3 rings (SSSR count). The summed E-state index contributed by atoms with van der Waals surface area (Å²) in [6, 6.07) is 16.1. The van der Waals surface area contributed by atoms with E-state index in [0.29, 0.717) is 30.7 Å². The summed E-state index contributed by atoms with van der Waals surface area (Å²) in [5.41, 5.74) is 2.19. The van der Waals surface area contributed by atoms with Crippen molar-refractivity contribution < 1.29 is 14.3 Å². The number of hydrogen-bond donors (Lipinski definition) is 0. The van der Waals surface area contributed by atoms with Crippen LogP contribution in [0.15, 0.2) is 48.5 Å². The van der Waals surface area contributed by atoms with Gasteiger partial charge < -0.3 is 14.4 Å². The summed E-state index contributed by atoms with van der Waals surface area (Å²) in [4.78, 5) is 15.2. The summed E-state index contributed by atoms with van der Waals surface area (Å²) in [6.07, 6.45) is 5.67. The number of carbonyl (C=O) groups is 1. The van der Waals surface area contributed by atoms with Gasteiger partial charge in [0.15, 0.2) is 11.5 Å². The van der Waals surface area contributed by atoms with E-state index in [4.69, 9.17) is 9.47 Å². The minimum absolute atomic E-state index is 0.188. The van der Waals surface area contributed by atoms with Crippen LogP contribution in [0.25, 0.3) is 0 Å². The number of methoxy groups -OCH3 is 1. The van der Waals surface area contributed by atoms with E-state index in [1.54, 1.807) is 7.11 Å². The quantitative estimate of drug-likeness (QED) is 0.522. The smallest absolute Gasteiger partial charge is 0.225 e. The lowest BCUT2D eigenvalue weighted by Gasteiger charge is -2.31. The lowest BCUT2D eigenvalue weighted by Crippen LogP contribution is -2.38. The molecule has 0 bridgehead atoms. The zero-order valence-electron chi connectivity index (χ0n) is 18.6. The predicted octanol–water partition coefficient (Wildman–Crippen LogP) is 5.84. The average molecular weight is 410 g/mol. The fourth-order valence-corrected chi connectivity index (χ4v) is 4.17. The van der Waals surface area contributed by atoms with Crippen molar-refractivity contribution in [3.8, 4) is 11.5 Å². The summed E-state index contributed by atoms with van der Waals surface area (Å²) >= 11 is 0. The molecule has 1 saturated carbocycles. The number of nitrogens with zero attached hydrogens (tertiary/aromatic N) is 1. The molecule has 0 spiro atoms. The molecular formula is C26H35NO3. The van der Waals surface area contributed by atoms with Gasteiger partial charge in [-0.15, -0.1) is 0 Å². The molecule has 0 heterocycles. The second-order valence-corrected chi connectivity index (χ2v) is 8.71. The van der Waals surface area contributed by atoms with Gasteiger partial charge in [0.05, 0.1) is 7.11 Å². The van der Waals surface area contributed by atoms with Gasteiger partial charge in [-0.25, -0.2) is 0 Å². The van der Waals surface area contributed by atoms with Crippen LogP contribution in [0.4, 0.5) is 0 Å². The van der Waals surface area contributed by atoms with E-state index < -0.39 is 0 Å². The fourth-order valence-electron chi connectivity index (χ4n) is 4.17. The van der Waals surface area contributed by atoms with Crippen LogP contribution in [-0.4, -0.2) is 24.5 Å². The molecule has 0 saturated heterocycles. The summed E-state index contributed by atoms with van der Waals surface area (Å²) in [7, 11) is 1.66. The summed E-state index contributed by atoms with van der Waals surface area (Å²) in [6.45, 7) is 6.23.